The molecule has 2 N–H and O–H groups in total. The summed E-state index contributed by atoms with van der Waals surface area (Å²) in [6.07, 6.45) is 4.01. The average molecular weight is 506 g/mol. The second-order valence-corrected chi connectivity index (χ2v) is 11.1. The standard InChI is InChI=1S/C25H23N5O3S2/c1-17-6-8-20(9-7-17)35(32,33)15-3-11-26-24-27-12-10-21(28-24)23-22(18-4-2-5-19(31)16-18)29-25-30(23)13-14-34-25/h2,4-10,12-14,16,31H,3,11,15H2,1H3,(H,26,27,28). The van der Waals surface area contributed by atoms with Gasteiger partial charge in [-0.2, -0.15) is 0 Å². The number of sulfone groups is 1. The van der Waals surface area contributed by atoms with Gasteiger partial charge in [0, 0.05) is 29.9 Å². The number of aromatic hydroxyl groups is 1. The van der Waals surface area contributed by atoms with Gasteiger partial charge in [0.2, 0.25) is 5.95 Å². The molecule has 3 heterocycles. The number of anilines is 1. The smallest absolute Gasteiger partial charge is 0.223 e. The second-order valence-electron chi connectivity index (χ2n) is 8.09. The molecule has 0 bridgehead atoms. The molecule has 0 fully saturated rings. The number of thiazole rings is 1. The zero-order valence-corrected chi connectivity index (χ0v) is 20.6. The molecular formula is C25H23N5O3S2. The Morgan fingerprint density at radius 2 is 1.91 bits per heavy atom. The maximum Gasteiger partial charge on any atom is 0.223 e. The molecule has 0 amide bonds. The van der Waals surface area contributed by atoms with Crippen molar-refractivity contribution in [1.82, 2.24) is 19.4 Å². The molecule has 0 saturated carbocycles. The first-order valence-electron chi connectivity index (χ1n) is 11.0. The van der Waals surface area contributed by atoms with Crippen LogP contribution in [0.5, 0.6) is 5.75 Å². The number of phenolic OH excluding ortho intramolecular Hbond substituents is 1. The SMILES string of the molecule is Cc1ccc(S(=O)(=O)CCCNc2nccc(-c3c(-c4cccc(O)c4)nc4sccn34)n2)cc1. The van der Waals surface area contributed by atoms with Crippen LogP contribution in [-0.2, 0) is 9.84 Å². The number of hydrogen-bond donors (Lipinski definition) is 2. The van der Waals surface area contributed by atoms with Gasteiger partial charge in [0.1, 0.15) is 11.4 Å². The van der Waals surface area contributed by atoms with Crippen molar-refractivity contribution in [3.63, 3.8) is 0 Å². The van der Waals surface area contributed by atoms with E-state index in [1.54, 1.807) is 54.7 Å². The molecule has 0 unspecified atom stereocenters. The van der Waals surface area contributed by atoms with E-state index in [1.807, 2.05) is 29.0 Å². The number of aryl methyl sites for hydroxylation is 1. The summed E-state index contributed by atoms with van der Waals surface area (Å²) in [4.78, 5) is 14.9. The van der Waals surface area contributed by atoms with Gasteiger partial charge >= 0.3 is 0 Å². The normalized spacial score (nSPS) is 11.7. The average Bonchev–Trinajstić information content (AvgIpc) is 3.44. The first-order valence-corrected chi connectivity index (χ1v) is 13.6. The fourth-order valence-corrected chi connectivity index (χ4v) is 5.81. The summed E-state index contributed by atoms with van der Waals surface area (Å²) in [6, 6.07) is 15.7. The highest BCUT2D eigenvalue weighted by Crippen LogP contribution is 2.34. The van der Waals surface area contributed by atoms with E-state index < -0.39 is 9.84 Å². The lowest BCUT2D eigenvalue weighted by molar-refractivity contribution is 0.475. The van der Waals surface area contributed by atoms with Crippen molar-refractivity contribution < 1.29 is 13.5 Å². The molecule has 0 spiro atoms. The van der Waals surface area contributed by atoms with E-state index in [0.717, 1.165) is 21.8 Å². The van der Waals surface area contributed by atoms with E-state index in [-0.39, 0.29) is 11.5 Å². The van der Waals surface area contributed by atoms with Gasteiger partial charge in [0.25, 0.3) is 0 Å². The molecule has 3 aromatic heterocycles. The van der Waals surface area contributed by atoms with Crippen molar-refractivity contribution in [2.45, 2.75) is 18.2 Å². The highest BCUT2D eigenvalue weighted by atomic mass is 32.2. The van der Waals surface area contributed by atoms with Crippen molar-refractivity contribution in [3.8, 4) is 28.4 Å². The Morgan fingerprint density at radius 1 is 1.09 bits per heavy atom. The van der Waals surface area contributed by atoms with Crippen LogP contribution in [0.3, 0.4) is 0 Å². The van der Waals surface area contributed by atoms with Gasteiger partial charge in [-0.15, -0.1) is 11.3 Å². The van der Waals surface area contributed by atoms with E-state index in [1.165, 1.54) is 11.3 Å². The number of nitrogens with zero attached hydrogens (tertiary/aromatic N) is 4. The van der Waals surface area contributed by atoms with Gasteiger partial charge in [-0.1, -0.05) is 29.8 Å². The third kappa shape index (κ3) is 4.89. The summed E-state index contributed by atoms with van der Waals surface area (Å²) in [5, 5.41) is 15.0. The maximum atomic E-state index is 12.6. The molecule has 0 aliphatic carbocycles. The zero-order valence-electron chi connectivity index (χ0n) is 18.9. The molecule has 0 aliphatic rings. The predicted molar refractivity (Wildman–Crippen MR) is 138 cm³/mol. The number of fused-ring (bicyclic) bond motifs is 1. The van der Waals surface area contributed by atoms with Crippen LogP contribution in [0.2, 0.25) is 0 Å². The van der Waals surface area contributed by atoms with Crippen molar-refractivity contribution in [3.05, 3.63) is 77.9 Å². The Morgan fingerprint density at radius 3 is 2.71 bits per heavy atom. The number of imidazole rings is 1. The number of hydrogen-bond acceptors (Lipinski definition) is 8. The zero-order chi connectivity index (χ0) is 24.4. The summed E-state index contributed by atoms with van der Waals surface area (Å²) in [5.41, 5.74) is 3.97. The summed E-state index contributed by atoms with van der Waals surface area (Å²) in [5.74, 6) is 0.598. The maximum absolute atomic E-state index is 12.6. The predicted octanol–water partition coefficient (Wildman–Crippen LogP) is 4.81. The van der Waals surface area contributed by atoms with Crippen molar-refractivity contribution in [1.29, 1.82) is 0 Å². The number of rotatable bonds is 8. The summed E-state index contributed by atoms with van der Waals surface area (Å²) in [7, 11) is -3.34. The van der Waals surface area contributed by atoms with E-state index in [4.69, 9.17) is 4.98 Å². The molecular weight excluding hydrogens is 482 g/mol. The van der Waals surface area contributed by atoms with E-state index in [0.29, 0.717) is 35.2 Å². The minimum atomic E-state index is -3.34. The molecule has 0 radical (unpaired) electrons. The third-order valence-corrected chi connectivity index (χ3v) is 8.11. The molecule has 5 aromatic rings. The Balaban J connectivity index is 1.34. The molecule has 8 nitrogen and oxygen atoms in total. The summed E-state index contributed by atoms with van der Waals surface area (Å²) >= 11 is 1.51. The lowest BCUT2D eigenvalue weighted by Crippen LogP contribution is -2.13. The monoisotopic (exact) mass is 505 g/mol. The second kappa shape index (κ2) is 9.47. The van der Waals surface area contributed by atoms with Crippen molar-refractivity contribution in [2.75, 3.05) is 17.6 Å². The van der Waals surface area contributed by atoms with Gasteiger partial charge in [0.05, 0.1) is 22.0 Å². The fraction of sp³-hybridized carbons (Fsp3) is 0.160. The molecule has 0 aliphatic heterocycles. The quantitative estimate of drug-likeness (QED) is 0.291. The van der Waals surface area contributed by atoms with Gasteiger partial charge in [-0.05, 0) is 43.7 Å². The molecule has 2 aromatic carbocycles. The van der Waals surface area contributed by atoms with E-state index >= 15 is 0 Å². The first-order chi connectivity index (χ1) is 16.9. The molecule has 10 heteroatoms. The molecule has 5 rings (SSSR count). The number of benzene rings is 2. The molecule has 35 heavy (non-hydrogen) atoms. The van der Waals surface area contributed by atoms with Crippen LogP contribution in [0.25, 0.3) is 27.6 Å². The fourth-order valence-electron chi connectivity index (χ4n) is 3.79. The Hall–Kier alpha value is -3.76. The first kappa shape index (κ1) is 23.0. The lowest BCUT2D eigenvalue weighted by atomic mass is 10.1. The van der Waals surface area contributed by atoms with E-state index in [2.05, 4.69) is 15.3 Å². The van der Waals surface area contributed by atoms with Crippen LogP contribution < -0.4 is 5.32 Å². The highest BCUT2D eigenvalue weighted by Gasteiger charge is 2.19. The number of phenols is 1. The molecule has 178 valence electrons. The van der Waals surface area contributed by atoms with Crippen LogP contribution in [0.4, 0.5) is 5.95 Å². The van der Waals surface area contributed by atoms with E-state index in [9.17, 15) is 13.5 Å². The highest BCUT2D eigenvalue weighted by molar-refractivity contribution is 7.91. The molecule has 0 atom stereocenters. The van der Waals surface area contributed by atoms with Gasteiger partial charge in [0.15, 0.2) is 14.8 Å². The Labute approximate surface area is 206 Å². The Kier molecular flexibility index (Phi) is 6.23. The molecule has 0 saturated heterocycles. The number of nitrogens with one attached hydrogen (secondary N) is 1. The van der Waals surface area contributed by atoms with Crippen LogP contribution in [-0.4, -0.2) is 45.2 Å². The van der Waals surface area contributed by atoms with Gasteiger partial charge in [-0.3, -0.25) is 4.40 Å². The van der Waals surface area contributed by atoms with Crippen molar-refractivity contribution >= 4 is 32.1 Å². The summed E-state index contributed by atoms with van der Waals surface area (Å²) in [6.45, 7) is 2.34. The van der Waals surface area contributed by atoms with Crippen LogP contribution in [0, 0.1) is 6.92 Å². The van der Waals surface area contributed by atoms with Crippen LogP contribution in [0.15, 0.2) is 77.3 Å². The van der Waals surface area contributed by atoms with Crippen molar-refractivity contribution in [2.24, 2.45) is 0 Å². The Bertz CT molecular complexity index is 1590. The van der Waals surface area contributed by atoms with Crippen LogP contribution >= 0.6 is 11.3 Å². The lowest BCUT2D eigenvalue weighted by Gasteiger charge is -2.09. The van der Waals surface area contributed by atoms with Gasteiger partial charge in [-0.25, -0.2) is 23.4 Å². The largest absolute Gasteiger partial charge is 0.508 e. The number of aromatic nitrogens is 4. The topological polar surface area (TPSA) is 109 Å². The minimum absolute atomic E-state index is 0.0303. The van der Waals surface area contributed by atoms with Crippen LogP contribution in [0.1, 0.15) is 12.0 Å². The summed E-state index contributed by atoms with van der Waals surface area (Å²) < 4.78 is 27.1. The third-order valence-electron chi connectivity index (χ3n) is 5.53. The minimum Gasteiger partial charge on any atom is -0.508 e. The van der Waals surface area contributed by atoms with Gasteiger partial charge < -0.3 is 10.4 Å².